The van der Waals surface area contributed by atoms with Gasteiger partial charge in [0.2, 0.25) is 0 Å². The Hall–Kier alpha value is -1.70. The first-order chi connectivity index (χ1) is 12.7. The first-order valence-corrected chi connectivity index (χ1v) is 9.51. The first-order valence-electron chi connectivity index (χ1n) is 9.51. The van der Waals surface area contributed by atoms with Gasteiger partial charge in [-0.2, -0.15) is 0 Å². The van der Waals surface area contributed by atoms with Crippen LogP contribution >= 0.6 is 24.0 Å². The Morgan fingerprint density at radius 1 is 1.22 bits per heavy atom. The molecule has 6 heteroatoms. The molecule has 27 heavy (non-hydrogen) atoms. The van der Waals surface area contributed by atoms with Crippen molar-refractivity contribution in [3.8, 4) is 5.75 Å². The van der Waals surface area contributed by atoms with E-state index in [0.717, 1.165) is 56.4 Å². The topological polar surface area (TPSA) is 58.8 Å². The third-order valence-electron chi connectivity index (χ3n) is 4.49. The molecule has 1 aliphatic heterocycles. The smallest absolute Gasteiger partial charge is 0.191 e. The van der Waals surface area contributed by atoms with E-state index in [1.54, 1.807) is 6.26 Å². The molecule has 0 bridgehead atoms. The Bertz CT molecular complexity index is 701. The summed E-state index contributed by atoms with van der Waals surface area (Å²) in [4.78, 5) is 4.77. The van der Waals surface area contributed by atoms with E-state index >= 15 is 0 Å². The molecule has 2 N–H and O–H groups in total. The van der Waals surface area contributed by atoms with Crippen LogP contribution in [0.15, 0.2) is 52.1 Å². The summed E-state index contributed by atoms with van der Waals surface area (Å²) in [7, 11) is 0. The predicted octanol–water partition coefficient (Wildman–Crippen LogP) is 4.55. The van der Waals surface area contributed by atoms with E-state index < -0.39 is 0 Å². The maximum Gasteiger partial charge on any atom is 0.191 e. The van der Waals surface area contributed by atoms with Crippen molar-refractivity contribution in [2.75, 3.05) is 19.7 Å². The van der Waals surface area contributed by atoms with Crippen molar-refractivity contribution in [2.24, 2.45) is 10.9 Å². The summed E-state index contributed by atoms with van der Waals surface area (Å²) < 4.78 is 11.2. The minimum atomic E-state index is 0. The summed E-state index contributed by atoms with van der Waals surface area (Å²) in [5, 5.41) is 7.04. The lowest BCUT2D eigenvalue weighted by molar-refractivity contribution is 0.261. The molecule has 1 aromatic heterocycles. The molecule has 0 saturated heterocycles. The number of hydrogen-bond donors (Lipinski definition) is 2. The van der Waals surface area contributed by atoms with E-state index in [1.807, 2.05) is 24.3 Å². The minimum absolute atomic E-state index is 0. The Morgan fingerprint density at radius 3 is 2.85 bits per heavy atom. The Morgan fingerprint density at radius 2 is 2.07 bits per heavy atom. The maximum absolute atomic E-state index is 5.77. The number of furan rings is 1. The molecule has 0 amide bonds. The summed E-state index contributed by atoms with van der Waals surface area (Å²) >= 11 is 0. The zero-order chi connectivity index (χ0) is 18.2. The van der Waals surface area contributed by atoms with Gasteiger partial charge in [-0.15, -0.1) is 24.0 Å². The van der Waals surface area contributed by atoms with Crippen molar-refractivity contribution < 1.29 is 9.15 Å². The molecule has 148 valence electrons. The molecular weight excluding hydrogens is 453 g/mol. The van der Waals surface area contributed by atoms with Gasteiger partial charge >= 0.3 is 0 Å². The van der Waals surface area contributed by atoms with Crippen LogP contribution in [0.2, 0.25) is 0 Å². The first kappa shape index (κ1) is 21.6. The summed E-state index contributed by atoms with van der Waals surface area (Å²) in [5.74, 6) is 3.45. The van der Waals surface area contributed by atoms with Crippen LogP contribution in [0, 0.1) is 5.92 Å². The lowest BCUT2D eigenvalue weighted by Gasteiger charge is -2.28. The van der Waals surface area contributed by atoms with Gasteiger partial charge in [0.1, 0.15) is 11.5 Å². The third-order valence-corrected chi connectivity index (χ3v) is 4.49. The van der Waals surface area contributed by atoms with Crippen LogP contribution in [-0.4, -0.2) is 25.7 Å². The number of guanidine groups is 1. The zero-order valence-electron chi connectivity index (χ0n) is 16.1. The highest BCUT2D eigenvalue weighted by Crippen LogP contribution is 2.31. The lowest BCUT2D eigenvalue weighted by atomic mass is 10.0. The van der Waals surface area contributed by atoms with E-state index in [-0.39, 0.29) is 30.0 Å². The summed E-state index contributed by atoms with van der Waals surface area (Å²) in [5.41, 5.74) is 1.20. The summed E-state index contributed by atoms with van der Waals surface area (Å²) in [6.45, 7) is 6.77. The number of para-hydroxylation sites is 1. The minimum Gasteiger partial charge on any atom is -0.493 e. The molecule has 2 aromatic rings. The average molecular weight is 483 g/mol. The third kappa shape index (κ3) is 6.75. The number of halogens is 1. The van der Waals surface area contributed by atoms with Crippen LogP contribution in [0.5, 0.6) is 5.75 Å². The van der Waals surface area contributed by atoms with Crippen molar-refractivity contribution in [2.45, 2.75) is 39.2 Å². The van der Waals surface area contributed by atoms with E-state index in [2.05, 4.69) is 36.6 Å². The fraction of sp³-hybridized carbons (Fsp3) is 0.476. The highest BCUT2D eigenvalue weighted by atomic mass is 127. The molecule has 0 radical (unpaired) electrons. The van der Waals surface area contributed by atoms with Gasteiger partial charge in [0, 0.05) is 31.5 Å². The maximum atomic E-state index is 5.77. The predicted molar refractivity (Wildman–Crippen MR) is 120 cm³/mol. The number of fused-ring (bicyclic) bond motifs is 1. The number of aliphatic imine (C=N–C) groups is 1. The van der Waals surface area contributed by atoms with Gasteiger partial charge in [0.25, 0.3) is 0 Å². The van der Waals surface area contributed by atoms with Gasteiger partial charge in [0.15, 0.2) is 5.96 Å². The van der Waals surface area contributed by atoms with Gasteiger partial charge in [-0.05, 0) is 30.5 Å². The number of hydrogen-bond acceptors (Lipinski definition) is 3. The van der Waals surface area contributed by atoms with E-state index in [9.17, 15) is 0 Å². The van der Waals surface area contributed by atoms with Crippen molar-refractivity contribution in [3.05, 3.63) is 54.0 Å². The Labute approximate surface area is 179 Å². The van der Waals surface area contributed by atoms with E-state index in [1.165, 1.54) is 5.56 Å². The molecule has 0 spiro atoms. The summed E-state index contributed by atoms with van der Waals surface area (Å²) in [6.07, 6.45) is 4.56. The molecule has 1 unspecified atom stereocenters. The van der Waals surface area contributed by atoms with E-state index in [0.29, 0.717) is 5.92 Å². The number of ether oxygens (including phenoxy) is 1. The van der Waals surface area contributed by atoms with Gasteiger partial charge in [-0.1, -0.05) is 32.0 Å². The Kier molecular flexibility index (Phi) is 8.97. The lowest BCUT2D eigenvalue weighted by Crippen LogP contribution is -2.42. The SMILES string of the molecule is CC(C)CCN=C(NCCc1ccco1)NC1CCOc2ccccc21.I. The summed E-state index contributed by atoms with van der Waals surface area (Å²) in [6, 6.07) is 12.4. The van der Waals surface area contributed by atoms with Crippen LogP contribution in [0.25, 0.3) is 0 Å². The number of benzene rings is 1. The number of nitrogens with one attached hydrogen (secondary N) is 2. The van der Waals surface area contributed by atoms with Crippen molar-refractivity contribution in [3.63, 3.8) is 0 Å². The zero-order valence-corrected chi connectivity index (χ0v) is 18.4. The number of rotatable bonds is 7. The highest BCUT2D eigenvalue weighted by molar-refractivity contribution is 14.0. The molecule has 0 saturated carbocycles. The monoisotopic (exact) mass is 483 g/mol. The molecule has 0 aliphatic carbocycles. The quantitative estimate of drug-likeness (QED) is 0.345. The molecule has 1 aromatic carbocycles. The largest absolute Gasteiger partial charge is 0.493 e. The van der Waals surface area contributed by atoms with Crippen molar-refractivity contribution in [1.29, 1.82) is 0 Å². The molecule has 2 heterocycles. The normalized spacial score (nSPS) is 16.3. The van der Waals surface area contributed by atoms with Crippen LogP contribution in [0.3, 0.4) is 0 Å². The average Bonchev–Trinajstić information content (AvgIpc) is 3.15. The second-order valence-electron chi connectivity index (χ2n) is 7.04. The van der Waals surface area contributed by atoms with Gasteiger partial charge in [0.05, 0.1) is 18.9 Å². The van der Waals surface area contributed by atoms with Crippen LogP contribution < -0.4 is 15.4 Å². The second kappa shape index (κ2) is 11.2. The second-order valence-corrected chi connectivity index (χ2v) is 7.04. The molecule has 0 fully saturated rings. The number of nitrogens with zero attached hydrogens (tertiary/aromatic N) is 1. The van der Waals surface area contributed by atoms with Crippen molar-refractivity contribution >= 4 is 29.9 Å². The molecule has 3 rings (SSSR count). The van der Waals surface area contributed by atoms with Crippen LogP contribution in [0.1, 0.15) is 44.1 Å². The van der Waals surface area contributed by atoms with Crippen molar-refractivity contribution in [1.82, 2.24) is 10.6 Å². The van der Waals surface area contributed by atoms with Gasteiger partial charge < -0.3 is 19.8 Å². The highest BCUT2D eigenvalue weighted by Gasteiger charge is 2.21. The van der Waals surface area contributed by atoms with Crippen LogP contribution in [0.4, 0.5) is 0 Å². The van der Waals surface area contributed by atoms with E-state index in [4.69, 9.17) is 14.1 Å². The standard InChI is InChI=1S/C21H29N3O2.HI/c1-16(2)9-12-22-21(23-13-10-17-6-5-14-25-17)24-19-11-15-26-20-8-4-3-7-18(19)20;/h3-8,14,16,19H,9-13,15H2,1-2H3,(H2,22,23,24);1H. The van der Waals surface area contributed by atoms with Crippen LogP contribution in [-0.2, 0) is 6.42 Å². The Balaban J connectivity index is 0.00000261. The fourth-order valence-electron chi connectivity index (χ4n) is 3.00. The van der Waals surface area contributed by atoms with Gasteiger partial charge in [-0.3, -0.25) is 4.99 Å². The molecular formula is C21H30IN3O2. The fourth-order valence-corrected chi connectivity index (χ4v) is 3.00. The van der Waals surface area contributed by atoms with Gasteiger partial charge in [-0.25, -0.2) is 0 Å². The molecule has 5 nitrogen and oxygen atoms in total. The molecule has 1 atom stereocenters. The molecule has 1 aliphatic rings.